The van der Waals surface area contributed by atoms with Gasteiger partial charge in [0.25, 0.3) is 0 Å². The lowest BCUT2D eigenvalue weighted by atomic mass is 9.95. The average Bonchev–Trinajstić information content (AvgIpc) is 2.19. The van der Waals surface area contributed by atoms with Crippen molar-refractivity contribution in [3.63, 3.8) is 0 Å². The van der Waals surface area contributed by atoms with Crippen LogP contribution in [0.2, 0.25) is 0 Å². The maximum Gasteiger partial charge on any atom is 0.221 e. The second-order valence-corrected chi connectivity index (χ2v) is 5.62. The zero-order valence-corrected chi connectivity index (χ0v) is 11.5. The molecule has 3 nitrogen and oxygen atoms in total. The van der Waals surface area contributed by atoms with E-state index < -0.39 is 0 Å². The van der Waals surface area contributed by atoms with Gasteiger partial charge in [-0.1, -0.05) is 13.3 Å². The van der Waals surface area contributed by atoms with Gasteiger partial charge in [0.15, 0.2) is 0 Å². The number of nitrogens with two attached hydrogens (primary N) is 1. The zero-order chi connectivity index (χ0) is 11.1. The zero-order valence-electron chi connectivity index (χ0n) is 9.91. The van der Waals surface area contributed by atoms with E-state index in [1.807, 2.05) is 11.8 Å². The maximum atomic E-state index is 11.4. The van der Waals surface area contributed by atoms with Crippen LogP contribution in [0.3, 0.4) is 0 Å². The second-order valence-electron chi connectivity index (χ2n) is 4.05. The number of carbonyl (C=O) groups excluding carboxylic acids is 1. The molecule has 1 saturated carbocycles. The summed E-state index contributed by atoms with van der Waals surface area (Å²) >= 11 is 2.02. The van der Waals surface area contributed by atoms with E-state index in [0.29, 0.717) is 19.0 Å². The fourth-order valence-electron chi connectivity index (χ4n) is 2.09. The van der Waals surface area contributed by atoms with Crippen LogP contribution >= 0.6 is 24.2 Å². The van der Waals surface area contributed by atoms with Gasteiger partial charge >= 0.3 is 0 Å². The Kier molecular flexibility index (Phi) is 9.18. The summed E-state index contributed by atoms with van der Waals surface area (Å²) in [6.07, 6.45) is 5.28. The first kappa shape index (κ1) is 16.1. The molecule has 3 N–H and O–H groups in total. The van der Waals surface area contributed by atoms with Crippen LogP contribution in [0.25, 0.3) is 0 Å². The molecule has 0 aliphatic heterocycles. The van der Waals surface area contributed by atoms with Crippen molar-refractivity contribution in [1.29, 1.82) is 0 Å². The highest BCUT2D eigenvalue weighted by Crippen LogP contribution is 2.28. The lowest BCUT2D eigenvalue weighted by Crippen LogP contribution is -2.39. The van der Waals surface area contributed by atoms with Crippen molar-refractivity contribution in [2.45, 2.75) is 50.3 Å². The standard InChI is InChI=1S/C11H22N2OS.ClH/c1-2-15-10-5-3-4-9(8-10)13-11(14)6-7-12;/h9-10H,2-8,12H2,1H3,(H,13,14);1H. The van der Waals surface area contributed by atoms with Crippen molar-refractivity contribution in [3.8, 4) is 0 Å². The molecular formula is C11H23ClN2OS. The van der Waals surface area contributed by atoms with Crippen LogP contribution < -0.4 is 11.1 Å². The van der Waals surface area contributed by atoms with E-state index in [9.17, 15) is 4.79 Å². The fraction of sp³-hybridized carbons (Fsp3) is 0.909. The molecule has 96 valence electrons. The summed E-state index contributed by atoms with van der Waals surface area (Å²) < 4.78 is 0. The highest BCUT2D eigenvalue weighted by Gasteiger charge is 2.22. The summed E-state index contributed by atoms with van der Waals surface area (Å²) in [5, 5.41) is 3.82. The summed E-state index contributed by atoms with van der Waals surface area (Å²) in [5.74, 6) is 1.29. The van der Waals surface area contributed by atoms with Gasteiger partial charge in [-0.2, -0.15) is 11.8 Å². The van der Waals surface area contributed by atoms with Crippen molar-refractivity contribution in [2.75, 3.05) is 12.3 Å². The number of halogens is 1. The molecular weight excluding hydrogens is 244 g/mol. The summed E-state index contributed by atoms with van der Waals surface area (Å²) in [4.78, 5) is 11.4. The summed E-state index contributed by atoms with van der Waals surface area (Å²) in [7, 11) is 0. The minimum atomic E-state index is 0. The molecule has 5 heteroatoms. The third-order valence-electron chi connectivity index (χ3n) is 2.76. The number of nitrogens with one attached hydrogen (secondary N) is 1. The molecule has 1 aliphatic rings. The third-order valence-corrected chi connectivity index (χ3v) is 4.00. The van der Waals surface area contributed by atoms with Crippen molar-refractivity contribution in [1.82, 2.24) is 5.32 Å². The van der Waals surface area contributed by atoms with E-state index >= 15 is 0 Å². The third kappa shape index (κ3) is 5.97. The Labute approximate surface area is 109 Å². The minimum Gasteiger partial charge on any atom is -0.353 e. The molecule has 0 radical (unpaired) electrons. The van der Waals surface area contributed by atoms with Crippen molar-refractivity contribution < 1.29 is 4.79 Å². The molecule has 2 unspecified atom stereocenters. The molecule has 0 saturated heterocycles. The van der Waals surface area contributed by atoms with E-state index in [-0.39, 0.29) is 18.3 Å². The van der Waals surface area contributed by atoms with Gasteiger partial charge < -0.3 is 11.1 Å². The van der Waals surface area contributed by atoms with Gasteiger partial charge in [0.1, 0.15) is 0 Å². The highest BCUT2D eigenvalue weighted by molar-refractivity contribution is 7.99. The number of hydrogen-bond acceptors (Lipinski definition) is 3. The SMILES string of the molecule is CCSC1CCCC(NC(=O)CCN)C1.Cl. The maximum absolute atomic E-state index is 11.4. The van der Waals surface area contributed by atoms with Crippen molar-refractivity contribution in [3.05, 3.63) is 0 Å². The molecule has 0 aromatic carbocycles. The molecule has 1 aliphatic carbocycles. The largest absolute Gasteiger partial charge is 0.353 e. The molecule has 0 spiro atoms. The van der Waals surface area contributed by atoms with Crippen molar-refractivity contribution >= 4 is 30.1 Å². The van der Waals surface area contributed by atoms with E-state index in [4.69, 9.17) is 5.73 Å². The first-order valence-corrected chi connectivity index (χ1v) is 6.92. The Balaban J connectivity index is 0.00000225. The number of hydrogen-bond donors (Lipinski definition) is 2. The Hall–Kier alpha value is 0.0700. The second kappa shape index (κ2) is 9.14. The van der Waals surface area contributed by atoms with Gasteiger partial charge in [-0.05, 0) is 25.0 Å². The van der Waals surface area contributed by atoms with Crippen LogP contribution in [0.4, 0.5) is 0 Å². The molecule has 0 aromatic heterocycles. The van der Waals surface area contributed by atoms with E-state index in [0.717, 1.165) is 18.1 Å². The number of carbonyl (C=O) groups is 1. The van der Waals surface area contributed by atoms with Gasteiger partial charge in [0, 0.05) is 24.3 Å². The fourth-order valence-corrected chi connectivity index (χ4v) is 3.27. The molecule has 0 bridgehead atoms. The Morgan fingerprint density at radius 2 is 2.25 bits per heavy atom. The normalized spacial score (nSPS) is 24.6. The quantitative estimate of drug-likeness (QED) is 0.800. The predicted molar refractivity (Wildman–Crippen MR) is 73.2 cm³/mol. The topological polar surface area (TPSA) is 55.1 Å². The van der Waals surface area contributed by atoms with E-state index in [1.54, 1.807) is 0 Å². The van der Waals surface area contributed by atoms with Crippen LogP contribution in [0.15, 0.2) is 0 Å². The Morgan fingerprint density at radius 1 is 1.50 bits per heavy atom. The molecule has 2 atom stereocenters. The van der Waals surface area contributed by atoms with Crippen molar-refractivity contribution in [2.24, 2.45) is 5.73 Å². The molecule has 1 amide bonds. The lowest BCUT2D eigenvalue weighted by molar-refractivity contribution is -0.121. The van der Waals surface area contributed by atoms with E-state index in [2.05, 4.69) is 12.2 Å². The molecule has 0 aromatic rings. The van der Waals surface area contributed by atoms with Gasteiger partial charge in [-0.3, -0.25) is 4.79 Å². The van der Waals surface area contributed by atoms with E-state index in [1.165, 1.54) is 18.6 Å². The monoisotopic (exact) mass is 266 g/mol. The molecule has 1 rings (SSSR count). The lowest BCUT2D eigenvalue weighted by Gasteiger charge is -2.29. The van der Waals surface area contributed by atoms with Gasteiger partial charge in [0.2, 0.25) is 5.91 Å². The first-order valence-electron chi connectivity index (χ1n) is 5.87. The number of rotatable bonds is 5. The van der Waals surface area contributed by atoms with Gasteiger partial charge in [-0.25, -0.2) is 0 Å². The summed E-state index contributed by atoms with van der Waals surface area (Å²) in [6, 6.07) is 0.391. The highest BCUT2D eigenvalue weighted by atomic mass is 35.5. The van der Waals surface area contributed by atoms with Gasteiger partial charge in [-0.15, -0.1) is 12.4 Å². The van der Waals surface area contributed by atoms with Crippen LogP contribution in [0.5, 0.6) is 0 Å². The summed E-state index contributed by atoms with van der Waals surface area (Å²) in [6.45, 7) is 2.65. The molecule has 16 heavy (non-hydrogen) atoms. The van der Waals surface area contributed by atoms with Crippen LogP contribution in [0, 0.1) is 0 Å². The smallest absolute Gasteiger partial charge is 0.221 e. The first-order chi connectivity index (χ1) is 7.26. The molecule has 1 fully saturated rings. The predicted octanol–water partition coefficient (Wildman–Crippen LogP) is 1.94. The Bertz CT molecular complexity index is 202. The Morgan fingerprint density at radius 3 is 2.88 bits per heavy atom. The average molecular weight is 267 g/mol. The number of thioether (sulfide) groups is 1. The molecule has 0 heterocycles. The minimum absolute atomic E-state index is 0. The van der Waals surface area contributed by atoms with Crippen LogP contribution in [-0.4, -0.2) is 29.5 Å². The van der Waals surface area contributed by atoms with Gasteiger partial charge in [0.05, 0.1) is 0 Å². The number of amides is 1. The van der Waals surface area contributed by atoms with Crippen LogP contribution in [0.1, 0.15) is 39.0 Å². The summed E-state index contributed by atoms with van der Waals surface area (Å²) in [5.41, 5.74) is 5.34. The van der Waals surface area contributed by atoms with Crippen LogP contribution in [-0.2, 0) is 4.79 Å².